The molecule has 2 rings (SSSR count). The summed E-state index contributed by atoms with van der Waals surface area (Å²) >= 11 is 0. The van der Waals surface area contributed by atoms with E-state index in [1.54, 1.807) is 0 Å². The monoisotopic (exact) mass is 193 g/mol. The molecule has 3 nitrogen and oxygen atoms in total. The fourth-order valence-electron chi connectivity index (χ4n) is 1.60. The number of carbonyl (C=O) groups excluding carboxylic acids is 1. The zero-order chi connectivity index (χ0) is 9.80. The second kappa shape index (κ2) is 4.42. The fraction of sp³-hybridized carbons (Fsp3) is 0.545. The molecule has 1 amide bonds. The van der Waals surface area contributed by atoms with Crippen molar-refractivity contribution in [2.24, 2.45) is 0 Å². The minimum Gasteiger partial charge on any atom is -0.371 e. The number of hydrogen-bond acceptors (Lipinski definition) is 2. The normalized spacial score (nSPS) is 29.6. The van der Waals surface area contributed by atoms with Crippen molar-refractivity contribution in [3.63, 3.8) is 0 Å². The summed E-state index contributed by atoms with van der Waals surface area (Å²) in [6.45, 7) is 0.679. The molecule has 3 heteroatoms. The highest BCUT2D eigenvalue weighted by Gasteiger charge is 2.37. The van der Waals surface area contributed by atoms with Crippen molar-refractivity contribution in [1.82, 2.24) is 5.32 Å². The molecule has 2 unspecified atom stereocenters. The zero-order valence-corrected chi connectivity index (χ0v) is 8.11. The first-order valence-corrected chi connectivity index (χ1v) is 5.07. The molecule has 0 radical (unpaired) electrons. The first-order valence-electron chi connectivity index (χ1n) is 5.07. The Balaban J connectivity index is 1.66. The summed E-state index contributed by atoms with van der Waals surface area (Å²) in [6, 6.07) is 0.251. The smallest absolute Gasteiger partial charge is 0.207 e. The van der Waals surface area contributed by atoms with Crippen molar-refractivity contribution in [3.05, 3.63) is 23.8 Å². The maximum Gasteiger partial charge on any atom is 0.207 e. The van der Waals surface area contributed by atoms with E-state index in [4.69, 9.17) is 4.74 Å². The van der Waals surface area contributed by atoms with Gasteiger partial charge in [-0.2, -0.15) is 0 Å². The molecular weight excluding hydrogens is 178 g/mol. The third-order valence-corrected chi connectivity index (χ3v) is 2.55. The van der Waals surface area contributed by atoms with E-state index in [9.17, 15) is 4.79 Å². The SMILES string of the molecule is O=CNC1CC1OCC1=CCCC=C1. The molecule has 0 bridgehead atoms. The van der Waals surface area contributed by atoms with Crippen LogP contribution in [0.4, 0.5) is 0 Å². The number of rotatable bonds is 5. The minimum absolute atomic E-state index is 0.233. The van der Waals surface area contributed by atoms with E-state index < -0.39 is 0 Å². The largest absolute Gasteiger partial charge is 0.371 e. The molecule has 14 heavy (non-hydrogen) atoms. The number of ether oxygens (including phenoxy) is 1. The van der Waals surface area contributed by atoms with Crippen molar-refractivity contribution in [1.29, 1.82) is 0 Å². The van der Waals surface area contributed by atoms with Gasteiger partial charge in [0, 0.05) is 0 Å². The van der Waals surface area contributed by atoms with Crippen molar-refractivity contribution < 1.29 is 9.53 Å². The Kier molecular flexibility index (Phi) is 2.99. The summed E-state index contributed by atoms with van der Waals surface area (Å²) in [4.78, 5) is 10.1. The zero-order valence-electron chi connectivity index (χ0n) is 8.11. The van der Waals surface area contributed by atoms with Gasteiger partial charge in [0.25, 0.3) is 0 Å². The van der Waals surface area contributed by atoms with Gasteiger partial charge >= 0.3 is 0 Å². The summed E-state index contributed by atoms with van der Waals surface area (Å²) in [5.41, 5.74) is 1.26. The van der Waals surface area contributed by atoms with Gasteiger partial charge in [-0.25, -0.2) is 0 Å². The molecule has 1 N–H and O–H groups in total. The Morgan fingerprint density at radius 1 is 1.57 bits per heavy atom. The predicted octanol–water partition coefficient (Wildman–Crippen LogP) is 1.17. The van der Waals surface area contributed by atoms with Crippen LogP contribution in [0.1, 0.15) is 19.3 Å². The van der Waals surface area contributed by atoms with E-state index in [0.717, 1.165) is 25.7 Å². The average molecular weight is 193 g/mol. The van der Waals surface area contributed by atoms with Crippen LogP contribution in [-0.4, -0.2) is 25.2 Å². The molecule has 0 saturated heterocycles. The number of hydrogen-bond donors (Lipinski definition) is 1. The lowest BCUT2D eigenvalue weighted by Crippen LogP contribution is -2.18. The Labute approximate surface area is 83.8 Å². The molecule has 2 aliphatic carbocycles. The molecule has 0 aliphatic heterocycles. The quantitative estimate of drug-likeness (QED) is 0.665. The van der Waals surface area contributed by atoms with Crippen LogP contribution in [-0.2, 0) is 9.53 Å². The Morgan fingerprint density at radius 3 is 3.21 bits per heavy atom. The van der Waals surface area contributed by atoms with Crippen molar-refractivity contribution in [3.8, 4) is 0 Å². The molecule has 0 spiro atoms. The number of allylic oxidation sites excluding steroid dienone is 2. The molecule has 0 aromatic rings. The minimum atomic E-state index is 0.233. The van der Waals surface area contributed by atoms with Gasteiger partial charge in [-0.1, -0.05) is 18.2 Å². The number of amides is 1. The predicted molar refractivity (Wildman–Crippen MR) is 53.8 cm³/mol. The van der Waals surface area contributed by atoms with Crippen molar-refractivity contribution in [2.45, 2.75) is 31.4 Å². The van der Waals surface area contributed by atoms with Crippen LogP contribution in [0, 0.1) is 0 Å². The van der Waals surface area contributed by atoms with Crippen LogP contribution in [0.3, 0.4) is 0 Å². The molecule has 0 aromatic carbocycles. The number of nitrogens with one attached hydrogen (secondary N) is 1. The van der Waals surface area contributed by atoms with Gasteiger partial charge in [0.1, 0.15) is 0 Å². The van der Waals surface area contributed by atoms with Gasteiger partial charge < -0.3 is 10.1 Å². The average Bonchev–Trinajstić information content (AvgIpc) is 2.96. The van der Waals surface area contributed by atoms with Gasteiger partial charge in [-0.05, 0) is 24.8 Å². The highest BCUT2D eigenvalue weighted by atomic mass is 16.5. The van der Waals surface area contributed by atoms with E-state index in [2.05, 4.69) is 23.5 Å². The Hall–Kier alpha value is -1.09. The first-order chi connectivity index (χ1) is 6.90. The lowest BCUT2D eigenvalue weighted by molar-refractivity contribution is -0.109. The van der Waals surface area contributed by atoms with E-state index in [1.165, 1.54) is 5.57 Å². The molecule has 76 valence electrons. The highest BCUT2D eigenvalue weighted by molar-refractivity contribution is 5.48. The van der Waals surface area contributed by atoms with Crippen LogP contribution in [0.5, 0.6) is 0 Å². The second-order valence-corrected chi connectivity index (χ2v) is 3.73. The topological polar surface area (TPSA) is 38.3 Å². The first kappa shape index (κ1) is 9.46. The summed E-state index contributed by atoms with van der Waals surface area (Å²) in [5.74, 6) is 0. The summed E-state index contributed by atoms with van der Waals surface area (Å²) in [6.07, 6.45) is 10.7. The van der Waals surface area contributed by atoms with E-state index in [0.29, 0.717) is 6.61 Å². The molecular formula is C11H15NO2. The molecule has 0 aromatic heterocycles. The van der Waals surface area contributed by atoms with Gasteiger partial charge in [-0.3, -0.25) is 4.79 Å². The van der Waals surface area contributed by atoms with E-state index >= 15 is 0 Å². The lowest BCUT2D eigenvalue weighted by Gasteiger charge is -2.07. The Bertz CT molecular complexity index is 270. The maximum atomic E-state index is 10.1. The standard InChI is InChI=1S/C11H15NO2/c13-8-12-10-6-11(10)14-7-9-4-2-1-3-5-9/h2,4-5,8,10-11H,1,3,6-7H2,(H,12,13). The fourth-order valence-corrected chi connectivity index (χ4v) is 1.60. The maximum absolute atomic E-state index is 10.1. The third kappa shape index (κ3) is 2.45. The van der Waals surface area contributed by atoms with Crippen LogP contribution in [0.2, 0.25) is 0 Å². The van der Waals surface area contributed by atoms with Crippen LogP contribution in [0.15, 0.2) is 23.8 Å². The molecule has 0 heterocycles. The highest BCUT2D eigenvalue weighted by Crippen LogP contribution is 2.25. The van der Waals surface area contributed by atoms with Gasteiger partial charge in [0.2, 0.25) is 6.41 Å². The third-order valence-electron chi connectivity index (χ3n) is 2.55. The summed E-state index contributed by atoms with van der Waals surface area (Å²) in [5, 5.41) is 2.71. The van der Waals surface area contributed by atoms with Crippen molar-refractivity contribution >= 4 is 6.41 Å². The Morgan fingerprint density at radius 2 is 2.50 bits per heavy atom. The van der Waals surface area contributed by atoms with E-state index in [-0.39, 0.29) is 12.1 Å². The van der Waals surface area contributed by atoms with Gasteiger partial charge in [0.05, 0.1) is 18.8 Å². The van der Waals surface area contributed by atoms with Crippen molar-refractivity contribution in [2.75, 3.05) is 6.61 Å². The summed E-state index contributed by atoms with van der Waals surface area (Å²) in [7, 11) is 0. The molecule has 2 atom stereocenters. The summed E-state index contributed by atoms with van der Waals surface area (Å²) < 4.78 is 5.62. The number of carbonyl (C=O) groups is 1. The molecule has 1 saturated carbocycles. The van der Waals surface area contributed by atoms with Crippen LogP contribution in [0.25, 0.3) is 0 Å². The van der Waals surface area contributed by atoms with Crippen LogP contribution >= 0.6 is 0 Å². The second-order valence-electron chi connectivity index (χ2n) is 3.73. The van der Waals surface area contributed by atoms with Gasteiger partial charge in [-0.15, -0.1) is 0 Å². The van der Waals surface area contributed by atoms with E-state index in [1.807, 2.05) is 0 Å². The lowest BCUT2D eigenvalue weighted by atomic mass is 10.1. The van der Waals surface area contributed by atoms with Gasteiger partial charge in [0.15, 0.2) is 0 Å². The molecule has 1 fully saturated rings. The molecule has 2 aliphatic rings. The van der Waals surface area contributed by atoms with Crippen LogP contribution < -0.4 is 5.32 Å².